The molecule has 0 spiro atoms. The molecular weight excluding hydrogens is 176 g/mol. The predicted octanol–water partition coefficient (Wildman–Crippen LogP) is 0.920. The third-order valence-electron chi connectivity index (χ3n) is 2.43. The van der Waals surface area contributed by atoms with Crippen LogP contribution in [-0.2, 0) is 12.0 Å². The van der Waals surface area contributed by atoms with Crippen molar-refractivity contribution >= 4 is 0 Å². The summed E-state index contributed by atoms with van der Waals surface area (Å²) in [4.78, 5) is 0. The third kappa shape index (κ3) is 2.54. The average Bonchev–Trinajstić information content (AvgIpc) is 2.18. The molecule has 0 aliphatic carbocycles. The van der Waals surface area contributed by atoms with Crippen LogP contribution < -0.4 is 11.3 Å². The highest BCUT2D eigenvalue weighted by Gasteiger charge is 2.21. The summed E-state index contributed by atoms with van der Waals surface area (Å²) in [6, 6.07) is 7.94. The molecule has 1 aromatic rings. The second-order valence-electron chi connectivity index (χ2n) is 3.71. The fourth-order valence-electron chi connectivity index (χ4n) is 1.40. The van der Waals surface area contributed by atoms with Gasteiger partial charge in [0, 0.05) is 6.54 Å². The molecule has 78 valence electrons. The van der Waals surface area contributed by atoms with E-state index in [4.69, 9.17) is 5.84 Å². The molecule has 0 amide bonds. The summed E-state index contributed by atoms with van der Waals surface area (Å²) < 4.78 is 0. The van der Waals surface area contributed by atoms with Crippen LogP contribution in [0, 0.1) is 0 Å². The zero-order valence-electron chi connectivity index (χ0n) is 8.75. The highest BCUT2D eigenvalue weighted by Crippen LogP contribution is 2.19. The highest BCUT2D eigenvalue weighted by molar-refractivity contribution is 5.26. The van der Waals surface area contributed by atoms with Crippen molar-refractivity contribution in [2.24, 2.45) is 5.84 Å². The van der Waals surface area contributed by atoms with Gasteiger partial charge in [-0.05, 0) is 24.5 Å². The van der Waals surface area contributed by atoms with Crippen molar-refractivity contribution in [3.8, 4) is 0 Å². The summed E-state index contributed by atoms with van der Waals surface area (Å²) >= 11 is 0. The van der Waals surface area contributed by atoms with Crippen LogP contribution in [0.1, 0.15) is 25.0 Å². The summed E-state index contributed by atoms with van der Waals surface area (Å²) in [6.45, 7) is 4.20. The summed E-state index contributed by atoms with van der Waals surface area (Å²) in [7, 11) is 0. The zero-order chi connectivity index (χ0) is 10.6. The van der Waals surface area contributed by atoms with Crippen molar-refractivity contribution in [3.63, 3.8) is 0 Å². The second kappa shape index (κ2) is 4.55. The number of hydrazine groups is 1. The minimum atomic E-state index is -0.902. The van der Waals surface area contributed by atoms with Gasteiger partial charge in [0.05, 0.1) is 0 Å². The van der Waals surface area contributed by atoms with Crippen LogP contribution in [0.4, 0.5) is 0 Å². The molecule has 1 atom stereocenters. The summed E-state index contributed by atoms with van der Waals surface area (Å²) in [5.41, 5.74) is 3.73. The Morgan fingerprint density at radius 3 is 2.36 bits per heavy atom. The van der Waals surface area contributed by atoms with Crippen molar-refractivity contribution in [2.75, 3.05) is 6.54 Å². The lowest BCUT2D eigenvalue weighted by atomic mass is 9.95. The molecule has 0 aliphatic rings. The lowest BCUT2D eigenvalue weighted by Gasteiger charge is -2.23. The second-order valence-corrected chi connectivity index (χ2v) is 3.71. The van der Waals surface area contributed by atoms with Crippen LogP contribution in [0.25, 0.3) is 0 Å². The van der Waals surface area contributed by atoms with E-state index in [0.717, 1.165) is 12.0 Å². The first-order chi connectivity index (χ1) is 6.60. The van der Waals surface area contributed by atoms with Gasteiger partial charge < -0.3 is 5.11 Å². The number of hydrogen-bond acceptors (Lipinski definition) is 3. The number of benzene rings is 1. The number of aryl methyl sites for hydroxylation is 1. The molecule has 3 heteroatoms. The zero-order valence-corrected chi connectivity index (χ0v) is 8.75. The van der Waals surface area contributed by atoms with E-state index in [9.17, 15) is 5.11 Å². The molecule has 3 nitrogen and oxygen atoms in total. The van der Waals surface area contributed by atoms with Crippen LogP contribution in [0.5, 0.6) is 0 Å². The standard InChI is InChI=1S/C11H18N2O/c1-3-9-4-6-10(7-5-9)11(2,14)8-13-12/h4-7,13-14H,3,8,12H2,1-2H3. The van der Waals surface area contributed by atoms with Gasteiger partial charge in [0.15, 0.2) is 0 Å². The van der Waals surface area contributed by atoms with E-state index in [1.807, 2.05) is 24.3 Å². The van der Waals surface area contributed by atoms with Gasteiger partial charge in [-0.3, -0.25) is 11.3 Å². The number of nitrogens with two attached hydrogens (primary N) is 1. The Morgan fingerprint density at radius 1 is 1.36 bits per heavy atom. The predicted molar refractivity (Wildman–Crippen MR) is 57.6 cm³/mol. The maximum atomic E-state index is 10.0. The number of aliphatic hydroxyl groups is 1. The molecule has 0 aromatic heterocycles. The molecule has 0 bridgehead atoms. The molecule has 0 fully saturated rings. The Bertz CT molecular complexity index is 280. The van der Waals surface area contributed by atoms with Gasteiger partial charge in [0.25, 0.3) is 0 Å². The molecule has 0 aliphatic heterocycles. The Hall–Kier alpha value is -0.900. The van der Waals surface area contributed by atoms with Crippen LogP contribution >= 0.6 is 0 Å². The van der Waals surface area contributed by atoms with Crippen molar-refractivity contribution in [2.45, 2.75) is 25.9 Å². The van der Waals surface area contributed by atoms with E-state index in [2.05, 4.69) is 12.3 Å². The van der Waals surface area contributed by atoms with Gasteiger partial charge in [0.1, 0.15) is 5.60 Å². The van der Waals surface area contributed by atoms with E-state index >= 15 is 0 Å². The van der Waals surface area contributed by atoms with Gasteiger partial charge in [0.2, 0.25) is 0 Å². The minimum Gasteiger partial charge on any atom is -0.384 e. The van der Waals surface area contributed by atoms with E-state index in [-0.39, 0.29) is 0 Å². The summed E-state index contributed by atoms with van der Waals surface area (Å²) in [5, 5.41) is 10.0. The smallest absolute Gasteiger partial charge is 0.101 e. The van der Waals surface area contributed by atoms with E-state index in [1.165, 1.54) is 5.56 Å². The normalized spacial score (nSPS) is 15.1. The number of hydrogen-bond donors (Lipinski definition) is 3. The van der Waals surface area contributed by atoms with Crippen LogP contribution in [-0.4, -0.2) is 11.7 Å². The first-order valence-corrected chi connectivity index (χ1v) is 4.85. The fraction of sp³-hybridized carbons (Fsp3) is 0.455. The Labute approximate surface area is 84.9 Å². The molecule has 1 aromatic carbocycles. The van der Waals surface area contributed by atoms with Crippen molar-refractivity contribution in [1.82, 2.24) is 5.43 Å². The van der Waals surface area contributed by atoms with Gasteiger partial charge in [-0.15, -0.1) is 0 Å². The first-order valence-electron chi connectivity index (χ1n) is 4.85. The maximum Gasteiger partial charge on any atom is 0.101 e. The van der Waals surface area contributed by atoms with Gasteiger partial charge in [-0.25, -0.2) is 0 Å². The topological polar surface area (TPSA) is 58.3 Å². The Morgan fingerprint density at radius 2 is 1.93 bits per heavy atom. The quantitative estimate of drug-likeness (QED) is 0.493. The third-order valence-corrected chi connectivity index (χ3v) is 2.43. The number of nitrogens with one attached hydrogen (secondary N) is 1. The molecule has 4 N–H and O–H groups in total. The molecule has 14 heavy (non-hydrogen) atoms. The van der Waals surface area contributed by atoms with E-state index in [0.29, 0.717) is 6.54 Å². The fourth-order valence-corrected chi connectivity index (χ4v) is 1.40. The Kier molecular flexibility index (Phi) is 3.63. The van der Waals surface area contributed by atoms with Gasteiger partial charge in [-0.2, -0.15) is 0 Å². The number of rotatable bonds is 4. The molecule has 1 unspecified atom stereocenters. The van der Waals surface area contributed by atoms with Crippen LogP contribution in [0.2, 0.25) is 0 Å². The monoisotopic (exact) mass is 194 g/mol. The van der Waals surface area contributed by atoms with E-state index < -0.39 is 5.60 Å². The van der Waals surface area contributed by atoms with Crippen molar-refractivity contribution in [3.05, 3.63) is 35.4 Å². The molecule has 0 radical (unpaired) electrons. The van der Waals surface area contributed by atoms with Crippen LogP contribution in [0.15, 0.2) is 24.3 Å². The molecule has 1 rings (SSSR count). The SMILES string of the molecule is CCc1ccc(C(C)(O)CNN)cc1. The Balaban J connectivity index is 2.85. The van der Waals surface area contributed by atoms with Gasteiger partial charge >= 0.3 is 0 Å². The maximum absolute atomic E-state index is 10.0. The largest absolute Gasteiger partial charge is 0.384 e. The lowest BCUT2D eigenvalue weighted by Crippen LogP contribution is -2.38. The molecule has 0 heterocycles. The first kappa shape index (κ1) is 11.2. The summed E-state index contributed by atoms with van der Waals surface area (Å²) in [6.07, 6.45) is 1.01. The summed E-state index contributed by atoms with van der Waals surface area (Å²) in [5.74, 6) is 5.20. The minimum absolute atomic E-state index is 0.346. The van der Waals surface area contributed by atoms with E-state index in [1.54, 1.807) is 6.92 Å². The van der Waals surface area contributed by atoms with Crippen molar-refractivity contribution < 1.29 is 5.11 Å². The lowest BCUT2D eigenvalue weighted by molar-refractivity contribution is 0.0572. The molecule has 0 saturated carbocycles. The van der Waals surface area contributed by atoms with Gasteiger partial charge in [-0.1, -0.05) is 31.2 Å². The van der Waals surface area contributed by atoms with Crippen molar-refractivity contribution in [1.29, 1.82) is 0 Å². The van der Waals surface area contributed by atoms with Crippen LogP contribution in [0.3, 0.4) is 0 Å². The highest BCUT2D eigenvalue weighted by atomic mass is 16.3. The molecular formula is C11H18N2O. The molecule has 0 saturated heterocycles. The average molecular weight is 194 g/mol.